The maximum Gasteiger partial charge on any atom is 0.244 e. The van der Waals surface area contributed by atoms with Crippen LogP contribution in [0.4, 0.5) is 5.69 Å². The van der Waals surface area contributed by atoms with Crippen molar-refractivity contribution in [2.24, 2.45) is 0 Å². The number of sulfonamides is 1. The van der Waals surface area contributed by atoms with Crippen LogP contribution in [0.5, 0.6) is 11.5 Å². The average Bonchev–Trinajstić information content (AvgIpc) is 2.85. The fourth-order valence-corrected chi connectivity index (χ4v) is 4.84. The number of hydrogen-bond donors (Lipinski definition) is 1. The first-order chi connectivity index (χ1) is 17.1. The van der Waals surface area contributed by atoms with Crippen molar-refractivity contribution in [3.8, 4) is 11.5 Å². The summed E-state index contributed by atoms with van der Waals surface area (Å²) >= 11 is 3.41. The summed E-state index contributed by atoms with van der Waals surface area (Å²) in [7, 11) is -2.32. The highest BCUT2D eigenvalue weighted by molar-refractivity contribution is 9.10. The highest BCUT2D eigenvalue weighted by Crippen LogP contribution is 2.26. The highest BCUT2D eigenvalue weighted by Gasteiger charge is 2.29. The summed E-state index contributed by atoms with van der Waals surface area (Å²) in [6.07, 6.45) is 1.04. The van der Waals surface area contributed by atoms with Crippen molar-refractivity contribution in [3.63, 3.8) is 0 Å². The van der Waals surface area contributed by atoms with Crippen molar-refractivity contribution in [1.82, 2.24) is 10.2 Å². The predicted octanol–water partition coefficient (Wildman–Crippen LogP) is 4.17. The molecule has 36 heavy (non-hydrogen) atoms. The zero-order valence-corrected chi connectivity index (χ0v) is 22.6. The molecule has 0 bridgehead atoms. The molecule has 0 saturated carbocycles. The lowest BCUT2D eigenvalue weighted by atomic mass is 10.1. The van der Waals surface area contributed by atoms with Gasteiger partial charge in [0.15, 0.2) is 0 Å². The van der Waals surface area contributed by atoms with E-state index >= 15 is 0 Å². The molecule has 0 fully saturated rings. The van der Waals surface area contributed by atoms with Gasteiger partial charge in [0, 0.05) is 18.1 Å². The third kappa shape index (κ3) is 7.32. The number of carbonyl (C=O) groups is 2. The van der Waals surface area contributed by atoms with Crippen molar-refractivity contribution in [1.29, 1.82) is 0 Å². The predicted molar refractivity (Wildman–Crippen MR) is 143 cm³/mol. The van der Waals surface area contributed by atoms with Crippen molar-refractivity contribution in [2.45, 2.75) is 19.5 Å². The summed E-state index contributed by atoms with van der Waals surface area (Å²) in [6, 6.07) is 22.2. The molecule has 0 radical (unpaired) electrons. The molecule has 0 spiro atoms. The molecule has 1 unspecified atom stereocenters. The van der Waals surface area contributed by atoms with Gasteiger partial charge in [-0.2, -0.15) is 0 Å². The number of benzene rings is 3. The van der Waals surface area contributed by atoms with E-state index in [4.69, 9.17) is 4.74 Å². The fourth-order valence-electron chi connectivity index (χ4n) is 3.54. The van der Waals surface area contributed by atoms with Gasteiger partial charge in [-0.3, -0.25) is 13.9 Å². The molecule has 0 aliphatic carbocycles. The van der Waals surface area contributed by atoms with Crippen LogP contribution in [0.3, 0.4) is 0 Å². The van der Waals surface area contributed by atoms with Crippen LogP contribution in [-0.2, 0) is 26.2 Å². The standard InChI is InChI=1S/C26H28BrN3O5S/c1-19(26(32)28-2)29(17-20-8-7-9-21(27)16-20)25(31)18-30(36(3,33)34)22-12-14-24(15-13-22)35-23-10-5-4-6-11-23/h4-16,19H,17-18H2,1-3H3,(H,28,32). The summed E-state index contributed by atoms with van der Waals surface area (Å²) in [5.74, 6) is 0.300. The van der Waals surface area contributed by atoms with E-state index in [0.29, 0.717) is 17.2 Å². The smallest absolute Gasteiger partial charge is 0.244 e. The number of amides is 2. The summed E-state index contributed by atoms with van der Waals surface area (Å²) < 4.78 is 33.0. The van der Waals surface area contributed by atoms with Crippen molar-refractivity contribution in [2.75, 3.05) is 24.2 Å². The zero-order valence-electron chi connectivity index (χ0n) is 20.2. The number of hydrogen-bond acceptors (Lipinski definition) is 5. The number of rotatable bonds is 10. The molecule has 2 amide bonds. The number of nitrogens with one attached hydrogen (secondary N) is 1. The van der Waals surface area contributed by atoms with Gasteiger partial charge in [0.1, 0.15) is 24.1 Å². The topological polar surface area (TPSA) is 96.0 Å². The Hall–Kier alpha value is -3.37. The summed E-state index contributed by atoms with van der Waals surface area (Å²) in [4.78, 5) is 27.2. The second-order valence-electron chi connectivity index (χ2n) is 8.12. The largest absolute Gasteiger partial charge is 0.457 e. The van der Waals surface area contributed by atoms with Crippen LogP contribution >= 0.6 is 15.9 Å². The molecule has 3 rings (SSSR count). The van der Waals surface area contributed by atoms with E-state index in [1.165, 1.54) is 11.9 Å². The summed E-state index contributed by atoms with van der Waals surface area (Å²) in [5.41, 5.74) is 1.10. The van der Waals surface area contributed by atoms with Crippen LogP contribution in [0.25, 0.3) is 0 Å². The van der Waals surface area contributed by atoms with E-state index in [1.54, 1.807) is 31.2 Å². The average molecular weight is 574 g/mol. The van der Waals surface area contributed by atoms with Gasteiger partial charge in [-0.15, -0.1) is 0 Å². The number of halogens is 1. The van der Waals surface area contributed by atoms with E-state index in [1.807, 2.05) is 54.6 Å². The van der Waals surface area contributed by atoms with E-state index in [-0.39, 0.29) is 12.5 Å². The molecule has 0 aromatic heterocycles. The molecule has 8 nitrogen and oxygen atoms in total. The molecule has 3 aromatic carbocycles. The molecular formula is C26H28BrN3O5S. The first-order valence-corrected chi connectivity index (χ1v) is 13.8. The van der Waals surface area contributed by atoms with E-state index in [0.717, 1.165) is 20.6 Å². The second kappa shape index (κ2) is 12.0. The molecule has 0 heterocycles. The maximum absolute atomic E-state index is 13.4. The number of ether oxygens (including phenoxy) is 1. The van der Waals surface area contributed by atoms with Gasteiger partial charge in [-0.1, -0.05) is 46.3 Å². The van der Waals surface area contributed by atoms with Crippen LogP contribution in [0.2, 0.25) is 0 Å². The van der Waals surface area contributed by atoms with Gasteiger partial charge in [-0.25, -0.2) is 8.42 Å². The Bertz CT molecular complexity index is 1300. The van der Waals surface area contributed by atoms with E-state index < -0.39 is 28.5 Å². The molecular weight excluding hydrogens is 546 g/mol. The Kier molecular flexibility index (Phi) is 9.11. The van der Waals surface area contributed by atoms with Gasteiger partial charge in [-0.05, 0) is 61.0 Å². The molecule has 1 N–H and O–H groups in total. The number of anilines is 1. The van der Waals surface area contributed by atoms with Crippen LogP contribution in [-0.4, -0.2) is 51.0 Å². The van der Waals surface area contributed by atoms with Gasteiger partial charge >= 0.3 is 0 Å². The number of nitrogens with zero attached hydrogens (tertiary/aromatic N) is 2. The molecule has 0 aliphatic heterocycles. The Morgan fingerprint density at radius 1 is 0.972 bits per heavy atom. The Morgan fingerprint density at radius 3 is 2.19 bits per heavy atom. The van der Waals surface area contributed by atoms with Gasteiger partial charge in [0.25, 0.3) is 0 Å². The molecule has 3 aromatic rings. The van der Waals surface area contributed by atoms with Crippen LogP contribution in [0.1, 0.15) is 12.5 Å². The minimum absolute atomic E-state index is 0.133. The van der Waals surface area contributed by atoms with Crippen LogP contribution in [0, 0.1) is 0 Å². The fraction of sp³-hybridized carbons (Fsp3) is 0.231. The maximum atomic E-state index is 13.4. The normalized spacial score (nSPS) is 11.9. The number of para-hydroxylation sites is 1. The third-order valence-electron chi connectivity index (χ3n) is 5.44. The lowest BCUT2D eigenvalue weighted by Crippen LogP contribution is -2.50. The van der Waals surface area contributed by atoms with Crippen molar-refractivity contribution < 1.29 is 22.7 Å². The minimum atomic E-state index is -3.81. The molecule has 10 heteroatoms. The van der Waals surface area contributed by atoms with Crippen LogP contribution in [0.15, 0.2) is 83.3 Å². The molecule has 0 saturated heterocycles. The first-order valence-electron chi connectivity index (χ1n) is 11.1. The molecule has 1 atom stereocenters. The lowest BCUT2D eigenvalue weighted by molar-refractivity contribution is -0.139. The Balaban J connectivity index is 1.85. The monoisotopic (exact) mass is 573 g/mol. The quantitative estimate of drug-likeness (QED) is 0.392. The molecule has 190 valence electrons. The highest BCUT2D eigenvalue weighted by atomic mass is 79.9. The van der Waals surface area contributed by atoms with Gasteiger partial charge in [0.05, 0.1) is 11.9 Å². The molecule has 0 aliphatic rings. The van der Waals surface area contributed by atoms with Gasteiger partial charge < -0.3 is 15.0 Å². The van der Waals surface area contributed by atoms with E-state index in [9.17, 15) is 18.0 Å². The number of carbonyl (C=O) groups excluding carboxylic acids is 2. The Labute approximate surface area is 220 Å². The van der Waals surface area contributed by atoms with Gasteiger partial charge in [0.2, 0.25) is 21.8 Å². The second-order valence-corrected chi connectivity index (χ2v) is 10.9. The van der Waals surface area contributed by atoms with E-state index in [2.05, 4.69) is 21.2 Å². The van der Waals surface area contributed by atoms with Crippen molar-refractivity contribution in [3.05, 3.63) is 88.9 Å². The third-order valence-corrected chi connectivity index (χ3v) is 7.07. The number of likely N-dealkylation sites (N-methyl/N-ethyl adjacent to an activating group) is 1. The summed E-state index contributed by atoms with van der Waals surface area (Å²) in [6.45, 7) is 1.27. The lowest BCUT2D eigenvalue weighted by Gasteiger charge is -2.31. The first kappa shape index (κ1) is 27.2. The summed E-state index contributed by atoms with van der Waals surface area (Å²) in [5, 5.41) is 2.55. The zero-order chi connectivity index (χ0) is 26.3. The van der Waals surface area contributed by atoms with Crippen molar-refractivity contribution >= 4 is 43.5 Å². The SMILES string of the molecule is CNC(=O)C(C)N(Cc1cccc(Br)c1)C(=O)CN(c1ccc(Oc2ccccc2)cc1)S(C)(=O)=O. The van der Waals surface area contributed by atoms with Crippen LogP contribution < -0.4 is 14.4 Å². The Morgan fingerprint density at radius 2 is 1.61 bits per heavy atom. The minimum Gasteiger partial charge on any atom is -0.457 e.